The molecule has 0 aliphatic carbocycles. The topological polar surface area (TPSA) is 71.4 Å². The summed E-state index contributed by atoms with van der Waals surface area (Å²) < 4.78 is 0. The van der Waals surface area contributed by atoms with E-state index in [1.54, 1.807) is 0 Å². The summed E-state index contributed by atoms with van der Waals surface area (Å²) >= 11 is 0. The Hall–Kier alpha value is -1.97. The van der Waals surface area contributed by atoms with Crippen molar-refractivity contribution in [1.82, 2.24) is 0 Å². The highest BCUT2D eigenvalue weighted by molar-refractivity contribution is 6.00. The van der Waals surface area contributed by atoms with Crippen molar-refractivity contribution in [3.63, 3.8) is 0 Å². The van der Waals surface area contributed by atoms with Gasteiger partial charge in [-0.2, -0.15) is 0 Å². The summed E-state index contributed by atoms with van der Waals surface area (Å²) in [5.74, 6) is -1.22. The van der Waals surface area contributed by atoms with Crippen LogP contribution in [0.5, 0.6) is 0 Å². The Balaban J connectivity index is 3.58. The Kier molecular flexibility index (Phi) is 3.33. The molecule has 0 aliphatic rings. The van der Waals surface area contributed by atoms with Gasteiger partial charge in [-0.25, -0.2) is 4.79 Å². The Morgan fingerprint density at radius 2 is 1.80 bits per heavy atom. The van der Waals surface area contributed by atoms with E-state index in [1.165, 1.54) is 12.1 Å². The lowest BCUT2D eigenvalue weighted by molar-refractivity contribution is 0.0693. The molecule has 0 amide bonds. The molecule has 0 unspecified atom stereocenters. The highest BCUT2D eigenvalue weighted by atomic mass is 16.4. The van der Waals surface area contributed by atoms with Crippen molar-refractivity contribution in [1.29, 1.82) is 0 Å². The average Bonchev–Trinajstić information content (AvgIpc) is 2.26. The van der Waals surface area contributed by atoms with Crippen molar-refractivity contribution in [2.75, 3.05) is 0 Å². The number of benzene rings is 1. The van der Waals surface area contributed by atoms with Gasteiger partial charge in [0.15, 0.2) is 6.29 Å². The fourth-order valence-electron chi connectivity index (χ4n) is 1.41. The fourth-order valence-corrected chi connectivity index (χ4v) is 1.41. The maximum atomic E-state index is 10.9. The molecule has 0 heterocycles. The highest BCUT2D eigenvalue weighted by Gasteiger charge is 2.17. The minimum absolute atomic E-state index is 0.0618. The highest BCUT2D eigenvalue weighted by Crippen LogP contribution is 2.18. The smallest absolute Gasteiger partial charge is 0.336 e. The van der Waals surface area contributed by atoms with Crippen molar-refractivity contribution in [2.24, 2.45) is 0 Å². The second-order valence-electron chi connectivity index (χ2n) is 2.89. The van der Waals surface area contributed by atoms with E-state index in [1.807, 2.05) is 0 Å². The number of carboxylic acid groups (broad SMARTS) is 1. The van der Waals surface area contributed by atoms with Crippen LogP contribution in [0.25, 0.3) is 0 Å². The zero-order valence-electron chi connectivity index (χ0n) is 7.90. The van der Waals surface area contributed by atoms with E-state index in [4.69, 9.17) is 5.11 Å². The Morgan fingerprint density at radius 3 is 2.20 bits per heavy atom. The minimum Gasteiger partial charge on any atom is -0.478 e. The molecule has 1 N–H and O–H groups in total. The molecule has 0 saturated heterocycles. The molecule has 1 radical (unpaired) electrons. The summed E-state index contributed by atoms with van der Waals surface area (Å²) in [6.45, 7) is 3.54. The first-order chi connectivity index (χ1) is 7.15. The molecule has 0 aromatic heterocycles. The summed E-state index contributed by atoms with van der Waals surface area (Å²) in [6.07, 6.45) is 1.16. The summed E-state index contributed by atoms with van der Waals surface area (Å²) in [7, 11) is 0. The van der Waals surface area contributed by atoms with Crippen LogP contribution < -0.4 is 0 Å². The lowest BCUT2D eigenvalue weighted by atomic mass is 9.95. The van der Waals surface area contributed by atoms with Gasteiger partial charge in [0.25, 0.3) is 0 Å². The largest absolute Gasteiger partial charge is 0.478 e. The average molecular weight is 205 g/mol. The van der Waals surface area contributed by atoms with Gasteiger partial charge >= 0.3 is 5.97 Å². The number of carbonyl (C=O) groups excluding carboxylic acids is 2. The predicted octanol–water partition coefficient (Wildman–Crippen LogP) is 1.39. The molecule has 0 bridgehead atoms. The van der Waals surface area contributed by atoms with Gasteiger partial charge in [-0.15, -0.1) is 0 Å². The predicted molar refractivity (Wildman–Crippen MR) is 53.2 cm³/mol. The maximum Gasteiger partial charge on any atom is 0.336 e. The van der Waals surface area contributed by atoms with Crippen molar-refractivity contribution in [3.8, 4) is 0 Å². The molecule has 0 atom stereocenters. The number of hydrogen-bond donors (Lipinski definition) is 1. The Bertz CT molecular complexity index is 421. The number of hydrogen-bond acceptors (Lipinski definition) is 3. The van der Waals surface area contributed by atoms with Crippen molar-refractivity contribution < 1.29 is 19.5 Å². The van der Waals surface area contributed by atoms with Gasteiger partial charge in [0, 0.05) is 11.1 Å². The minimum atomic E-state index is -1.22. The third-order valence-electron chi connectivity index (χ3n) is 2.10. The van der Waals surface area contributed by atoms with Crippen LogP contribution in [0.3, 0.4) is 0 Å². The van der Waals surface area contributed by atoms with Gasteiger partial charge in [-0.1, -0.05) is 12.1 Å². The lowest BCUT2D eigenvalue weighted by Crippen LogP contribution is -2.09. The quantitative estimate of drug-likeness (QED) is 0.754. The van der Waals surface area contributed by atoms with Crippen LogP contribution in [0.15, 0.2) is 12.1 Å². The van der Waals surface area contributed by atoms with Crippen molar-refractivity contribution >= 4 is 18.5 Å². The monoisotopic (exact) mass is 205 g/mol. The number of rotatable bonds is 4. The van der Waals surface area contributed by atoms with E-state index < -0.39 is 5.97 Å². The van der Waals surface area contributed by atoms with Gasteiger partial charge in [-0.3, -0.25) is 9.59 Å². The van der Waals surface area contributed by atoms with Crippen LogP contribution >= 0.6 is 0 Å². The molecule has 77 valence electrons. The Morgan fingerprint density at radius 1 is 1.27 bits per heavy atom. The second kappa shape index (κ2) is 4.50. The molecule has 0 spiro atoms. The fraction of sp³-hybridized carbons (Fsp3) is 0.0909. The van der Waals surface area contributed by atoms with Gasteiger partial charge in [0.2, 0.25) is 0 Å². The molecular weight excluding hydrogens is 196 g/mol. The molecule has 0 saturated carbocycles. The normalized spacial score (nSPS) is 9.67. The standard InChI is InChI=1S/C11H9O4/c1-2-9-7(5-12)3-4-8(6-13)10(9)11(14)15/h3-6H,1-2H2,(H,14,15). The van der Waals surface area contributed by atoms with Crippen LogP contribution in [0.1, 0.15) is 36.6 Å². The molecule has 4 heteroatoms. The molecule has 1 rings (SSSR count). The van der Waals surface area contributed by atoms with E-state index >= 15 is 0 Å². The third kappa shape index (κ3) is 1.93. The number of carboxylic acids is 1. The van der Waals surface area contributed by atoms with Gasteiger partial charge < -0.3 is 5.11 Å². The maximum absolute atomic E-state index is 10.9. The van der Waals surface area contributed by atoms with Gasteiger partial charge in [0.1, 0.15) is 6.29 Å². The zero-order valence-corrected chi connectivity index (χ0v) is 7.90. The molecule has 15 heavy (non-hydrogen) atoms. The first kappa shape index (κ1) is 11.1. The second-order valence-corrected chi connectivity index (χ2v) is 2.89. The third-order valence-corrected chi connectivity index (χ3v) is 2.10. The van der Waals surface area contributed by atoms with E-state index in [2.05, 4.69) is 6.92 Å². The molecule has 1 aromatic carbocycles. The first-order valence-corrected chi connectivity index (χ1v) is 4.24. The molecule has 4 nitrogen and oxygen atoms in total. The van der Waals surface area contributed by atoms with Crippen molar-refractivity contribution in [3.05, 3.63) is 41.3 Å². The van der Waals surface area contributed by atoms with E-state index in [0.717, 1.165) is 0 Å². The Labute approximate surface area is 86.5 Å². The number of aldehydes is 2. The molecular formula is C11H9O4. The summed E-state index contributed by atoms with van der Waals surface area (Å²) in [5, 5.41) is 8.93. The SMILES string of the molecule is [CH2]Cc1c(C=O)ccc(C=O)c1C(=O)O. The van der Waals surface area contributed by atoms with E-state index in [-0.39, 0.29) is 23.1 Å². The number of aromatic carboxylic acids is 1. The van der Waals surface area contributed by atoms with Crippen LogP contribution in [0.2, 0.25) is 0 Å². The zero-order chi connectivity index (χ0) is 11.4. The van der Waals surface area contributed by atoms with Crippen molar-refractivity contribution in [2.45, 2.75) is 6.42 Å². The van der Waals surface area contributed by atoms with Crippen LogP contribution in [0.4, 0.5) is 0 Å². The van der Waals surface area contributed by atoms with E-state index in [0.29, 0.717) is 18.1 Å². The molecule has 0 aliphatic heterocycles. The summed E-state index contributed by atoms with van der Waals surface area (Å²) in [6, 6.07) is 2.74. The molecule has 0 fully saturated rings. The van der Waals surface area contributed by atoms with Crippen LogP contribution in [-0.4, -0.2) is 23.6 Å². The summed E-state index contributed by atoms with van der Waals surface area (Å²) in [5.41, 5.74) is 0.478. The van der Waals surface area contributed by atoms with Crippen LogP contribution in [0, 0.1) is 6.92 Å². The number of carbonyl (C=O) groups is 3. The summed E-state index contributed by atoms with van der Waals surface area (Å²) in [4.78, 5) is 32.2. The molecule has 1 aromatic rings. The van der Waals surface area contributed by atoms with E-state index in [9.17, 15) is 14.4 Å². The van der Waals surface area contributed by atoms with Crippen LogP contribution in [-0.2, 0) is 6.42 Å². The van der Waals surface area contributed by atoms with Gasteiger partial charge in [-0.05, 0) is 18.9 Å². The lowest BCUT2D eigenvalue weighted by Gasteiger charge is -2.08. The first-order valence-electron chi connectivity index (χ1n) is 4.24. The van der Waals surface area contributed by atoms with Gasteiger partial charge in [0.05, 0.1) is 5.56 Å².